The van der Waals surface area contributed by atoms with Gasteiger partial charge in [-0.3, -0.25) is 4.79 Å². The van der Waals surface area contributed by atoms with E-state index in [9.17, 15) is 4.79 Å². The first-order chi connectivity index (χ1) is 10.3. The zero-order chi connectivity index (χ0) is 14.5. The predicted octanol–water partition coefficient (Wildman–Crippen LogP) is 3.06. The van der Waals surface area contributed by atoms with Crippen molar-refractivity contribution in [3.8, 4) is 0 Å². The van der Waals surface area contributed by atoms with Gasteiger partial charge in [-0.05, 0) is 31.6 Å². The molecule has 21 heavy (non-hydrogen) atoms. The molecule has 1 amide bonds. The van der Waals surface area contributed by atoms with Gasteiger partial charge in [0.1, 0.15) is 0 Å². The van der Waals surface area contributed by atoms with Crippen LogP contribution in [-0.4, -0.2) is 30.5 Å². The van der Waals surface area contributed by atoms with Gasteiger partial charge in [-0.1, -0.05) is 19.3 Å². The van der Waals surface area contributed by atoms with Crippen molar-refractivity contribution in [1.29, 1.82) is 0 Å². The third-order valence-electron chi connectivity index (χ3n) is 4.75. The fraction of sp³-hybridized carbons (Fsp3) is 0.750. The first kappa shape index (κ1) is 14.8. The van der Waals surface area contributed by atoms with Crippen LogP contribution in [0.15, 0.2) is 11.6 Å². The minimum atomic E-state index is 0.275. The molecule has 1 aliphatic heterocycles. The summed E-state index contributed by atoms with van der Waals surface area (Å²) in [5.41, 5.74) is 0. The Morgan fingerprint density at radius 2 is 2.14 bits per heavy atom. The molecule has 2 heterocycles. The molecule has 1 unspecified atom stereocenters. The summed E-state index contributed by atoms with van der Waals surface area (Å²) >= 11 is 1.71. The van der Waals surface area contributed by atoms with Crippen molar-refractivity contribution in [2.75, 3.05) is 24.5 Å². The normalized spacial score (nSPS) is 24.0. The molecular weight excluding hydrogens is 282 g/mol. The molecule has 1 aromatic heterocycles. The van der Waals surface area contributed by atoms with Gasteiger partial charge in [0.05, 0.1) is 0 Å². The van der Waals surface area contributed by atoms with Crippen LogP contribution in [-0.2, 0) is 4.79 Å². The number of piperidine rings is 1. The van der Waals surface area contributed by atoms with Gasteiger partial charge >= 0.3 is 0 Å². The molecular formula is C16H25N3OS. The fourth-order valence-corrected chi connectivity index (χ4v) is 4.21. The van der Waals surface area contributed by atoms with Crippen LogP contribution in [0.2, 0.25) is 0 Å². The Bertz CT molecular complexity index is 442. The maximum atomic E-state index is 12.2. The largest absolute Gasteiger partial charge is 0.356 e. The number of carbonyl (C=O) groups excluding carboxylic acids is 1. The monoisotopic (exact) mass is 307 g/mol. The number of hydrogen-bond acceptors (Lipinski definition) is 4. The molecule has 1 saturated carbocycles. The fourth-order valence-electron chi connectivity index (χ4n) is 3.53. The molecule has 0 spiro atoms. The number of anilines is 1. The van der Waals surface area contributed by atoms with E-state index < -0.39 is 0 Å². The average molecular weight is 307 g/mol. The highest BCUT2D eigenvalue weighted by atomic mass is 32.1. The van der Waals surface area contributed by atoms with E-state index in [1.807, 2.05) is 11.6 Å². The summed E-state index contributed by atoms with van der Waals surface area (Å²) in [6.07, 6.45) is 10.2. The molecule has 2 fully saturated rings. The predicted molar refractivity (Wildman–Crippen MR) is 86.6 cm³/mol. The summed E-state index contributed by atoms with van der Waals surface area (Å²) in [5, 5.41) is 6.36. The second-order valence-corrected chi connectivity index (χ2v) is 7.22. The summed E-state index contributed by atoms with van der Waals surface area (Å²) in [5.74, 6) is 1.13. The standard InChI is InChI=1S/C16H25N3OS/c20-15(14-6-2-1-3-7-14)18-11-13-5-4-9-19(12-13)16-17-8-10-21-16/h8,10,13-14H,1-7,9,11-12H2,(H,18,20). The van der Waals surface area contributed by atoms with Crippen LogP contribution in [0.1, 0.15) is 44.9 Å². The quantitative estimate of drug-likeness (QED) is 0.930. The zero-order valence-electron chi connectivity index (χ0n) is 12.6. The molecule has 0 radical (unpaired) electrons. The summed E-state index contributed by atoms with van der Waals surface area (Å²) < 4.78 is 0. The lowest BCUT2D eigenvalue weighted by Gasteiger charge is -2.33. The van der Waals surface area contributed by atoms with Crippen molar-refractivity contribution < 1.29 is 4.79 Å². The minimum absolute atomic E-state index is 0.275. The van der Waals surface area contributed by atoms with E-state index in [0.717, 1.165) is 37.6 Å². The van der Waals surface area contributed by atoms with E-state index in [1.165, 1.54) is 32.1 Å². The van der Waals surface area contributed by atoms with E-state index in [1.54, 1.807) is 11.3 Å². The summed E-state index contributed by atoms with van der Waals surface area (Å²) in [6, 6.07) is 0. The topological polar surface area (TPSA) is 45.2 Å². The summed E-state index contributed by atoms with van der Waals surface area (Å²) in [7, 11) is 0. The lowest BCUT2D eigenvalue weighted by Crippen LogP contribution is -2.42. The molecule has 2 aliphatic rings. The van der Waals surface area contributed by atoms with Crippen molar-refractivity contribution in [1.82, 2.24) is 10.3 Å². The number of nitrogens with zero attached hydrogens (tertiary/aromatic N) is 2. The number of rotatable bonds is 4. The molecule has 1 N–H and O–H groups in total. The number of hydrogen-bond donors (Lipinski definition) is 1. The van der Waals surface area contributed by atoms with Crippen molar-refractivity contribution >= 4 is 22.4 Å². The second-order valence-electron chi connectivity index (χ2n) is 6.35. The van der Waals surface area contributed by atoms with Gasteiger partial charge in [0.2, 0.25) is 5.91 Å². The van der Waals surface area contributed by atoms with Gasteiger partial charge in [0.25, 0.3) is 0 Å². The molecule has 0 bridgehead atoms. The highest BCUT2D eigenvalue weighted by Gasteiger charge is 2.24. The minimum Gasteiger partial charge on any atom is -0.356 e. The Morgan fingerprint density at radius 1 is 1.29 bits per heavy atom. The smallest absolute Gasteiger partial charge is 0.223 e. The Morgan fingerprint density at radius 3 is 2.90 bits per heavy atom. The van der Waals surface area contributed by atoms with Crippen LogP contribution < -0.4 is 10.2 Å². The molecule has 5 heteroatoms. The molecule has 1 saturated heterocycles. The van der Waals surface area contributed by atoms with Gasteiger partial charge in [-0.25, -0.2) is 4.98 Å². The molecule has 4 nitrogen and oxygen atoms in total. The van der Waals surface area contributed by atoms with Crippen molar-refractivity contribution in [2.45, 2.75) is 44.9 Å². The Labute approximate surface area is 130 Å². The first-order valence-corrected chi connectivity index (χ1v) is 9.13. The lowest BCUT2D eigenvalue weighted by molar-refractivity contribution is -0.126. The maximum Gasteiger partial charge on any atom is 0.223 e. The van der Waals surface area contributed by atoms with Crippen molar-refractivity contribution in [2.24, 2.45) is 11.8 Å². The van der Waals surface area contributed by atoms with Crippen LogP contribution in [0.5, 0.6) is 0 Å². The van der Waals surface area contributed by atoms with Gasteiger partial charge in [-0.2, -0.15) is 0 Å². The number of carbonyl (C=O) groups is 1. The van der Waals surface area contributed by atoms with Crippen molar-refractivity contribution in [3.63, 3.8) is 0 Å². The van der Waals surface area contributed by atoms with E-state index in [4.69, 9.17) is 0 Å². The number of nitrogens with one attached hydrogen (secondary N) is 1. The number of amides is 1. The Kier molecular flexibility index (Phi) is 5.12. The van der Waals surface area contributed by atoms with Crippen LogP contribution in [0.25, 0.3) is 0 Å². The van der Waals surface area contributed by atoms with Crippen LogP contribution in [0.4, 0.5) is 5.13 Å². The van der Waals surface area contributed by atoms with E-state index >= 15 is 0 Å². The average Bonchev–Trinajstić information content (AvgIpc) is 3.08. The van der Waals surface area contributed by atoms with Gasteiger partial charge in [0, 0.05) is 37.1 Å². The van der Waals surface area contributed by atoms with Gasteiger partial charge in [0.15, 0.2) is 5.13 Å². The highest BCUT2D eigenvalue weighted by molar-refractivity contribution is 7.13. The van der Waals surface area contributed by atoms with E-state index in [-0.39, 0.29) is 5.92 Å². The van der Waals surface area contributed by atoms with Gasteiger partial charge in [-0.15, -0.1) is 11.3 Å². The van der Waals surface area contributed by atoms with E-state index in [0.29, 0.717) is 11.8 Å². The number of aromatic nitrogens is 1. The molecule has 116 valence electrons. The van der Waals surface area contributed by atoms with Crippen LogP contribution in [0.3, 0.4) is 0 Å². The second kappa shape index (κ2) is 7.25. The Hall–Kier alpha value is -1.10. The Balaban J connectivity index is 1.45. The van der Waals surface area contributed by atoms with Crippen LogP contribution in [0, 0.1) is 11.8 Å². The SMILES string of the molecule is O=C(NCC1CCCN(c2nccs2)C1)C1CCCCC1. The molecule has 3 rings (SSSR count). The number of thiazole rings is 1. The first-order valence-electron chi connectivity index (χ1n) is 8.25. The zero-order valence-corrected chi connectivity index (χ0v) is 13.4. The molecule has 0 aromatic carbocycles. The van der Waals surface area contributed by atoms with E-state index in [2.05, 4.69) is 15.2 Å². The van der Waals surface area contributed by atoms with Crippen molar-refractivity contribution in [3.05, 3.63) is 11.6 Å². The summed E-state index contributed by atoms with van der Waals surface area (Å²) in [4.78, 5) is 19.0. The molecule has 1 aromatic rings. The highest BCUT2D eigenvalue weighted by Crippen LogP contribution is 2.26. The third kappa shape index (κ3) is 3.96. The lowest BCUT2D eigenvalue weighted by atomic mass is 9.88. The van der Waals surface area contributed by atoms with Crippen LogP contribution >= 0.6 is 11.3 Å². The molecule has 1 atom stereocenters. The van der Waals surface area contributed by atoms with Gasteiger partial charge < -0.3 is 10.2 Å². The summed E-state index contributed by atoms with van der Waals surface area (Å²) in [6.45, 7) is 2.95. The third-order valence-corrected chi connectivity index (χ3v) is 5.58. The molecule has 1 aliphatic carbocycles. The maximum absolute atomic E-state index is 12.2.